The lowest BCUT2D eigenvalue weighted by Crippen LogP contribution is -2.68. The number of aromatic nitrogens is 1. The first kappa shape index (κ1) is 24.0. The van der Waals surface area contributed by atoms with E-state index in [-0.39, 0.29) is 33.0 Å². The van der Waals surface area contributed by atoms with E-state index < -0.39 is 0 Å². The zero-order valence-corrected chi connectivity index (χ0v) is 23.3. The molecule has 1 heterocycles. The molecular formula is C32H47NO2. The summed E-state index contributed by atoms with van der Waals surface area (Å²) >= 11 is 0. The van der Waals surface area contributed by atoms with E-state index in [2.05, 4.69) is 66.3 Å². The van der Waals surface area contributed by atoms with Gasteiger partial charge in [0.1, 0.15) is 11.5 Å². The van der Waals surface area contributed by atoms with Gasteiger partial charge >= 0.3 is 0 Å². The summed E-state index contributed by atoms with van der Waals surface area (Å²) in [5.41, 5.74) is 2.04. The van der Waals surface area contributed by atoms with Crippen molar-refractivity contribution in [3.05, 3.63) is 30.2 Å². The number of Topliss-reactive ketones (excluding diaryl/α,β-unsaturated/α-hetero) is 1. The van der Waals surface area contributed by atoms with Crippen molar-refractivity contribution in [3.8, 4) is 0 Å². The maximum atomic E-state index is 14.5. The summed E-state index contributed by atoms with van der Waals surface area (Å²) in [6.07, 6.45) is 14.4. The van der Waals surface area contributed by atoms with Crippen LogP contribution < -0.4 is 0 Å². The molecule has 192 valence electrons. The normalized spacial score (nSPS) is 49.6. The molecule has 0 bridgehead atoms. The van der Waals surface area contributed by atoms with Crippen LogP contribution in [0.2, 0.25) is 0 Å². The number of rotatable bonds is 1. The Kier molecular flexibility index (Phi) is 4.75. The fourth-order valence-electron chi connectivity index (χ4n) is 11.4. The number of hydrogen-bond acceptors (Lipinski definition) is 3. The number of ketones is 1. The van der Waals surface area contributed by atoms with Gasteiger partial charge in [0.05, 0.1) is 6.20 Å². The zero-order valence-electron chi connectivity index (χ0n) is 23.3. The van der Waals surface area contributed by atoms with E-state index in [0.29, 0.717) is 29.0 Å². The molecule has 1 aromatic heterocycles. The number of carbonyl (C=O) groups excluding carboxylic acids is 1. The quantitative estimate of drug-likeness (QED) is 0.386. The fourth-order valence-corrected chi connectivity index (χ4v) is 11.4. The van der Waals surface area contributed by atoms with Gasteiger partial charge in [-0.2, -0.15) is 0 Å². The summed E-state index contributed by atoms with van der Waals surface area (Å²) in [4.78, 5) is 14.5. The number of allylic oxidation sites excluding steroid dienone is 1. The maximum absolute atomic E-state index is 14.5. The Morgan fingerprint density at radius 3 is 2.40 bits per heavy atom. The Bertz CT molecular complexity index is 1080. The SMILES string of the molecule is C=C[C@]12CCC(C)(C)CC1C1C(=O)CC3[C@@]4(C)Cc5cnoc5C(C)(C)[C@@H]4CC[C@@]3(C)[C@]1(C)CC2. The number of fused-ring (bicyclic) bond motifs is 8. The van der Waals surface area contributed by atoms with Crippen molar-refractivity contribution in [3.63, 3.8) is 0 Å². The van der Waals surface area contributed by atoms with Crippen LogP contribution in [0.15, 0.2) is 23.4 Å². The van der Waals surface area contributed by atoms with Crippen molar-refractivity contribution in [2.45, 2.75) is 112 Å². The van der Waals surface area contributed by atoms with E-state index in [0.717, 1.165) is 18.6 Å². The molecule has 5 aliphatic carbocycles. The van der Waals surface area contributed by atoms with Crippen LogP contribution in [0.1, 0.15) is 111 Å². The Balaban J connectivity index is 1.46. The Hall–Kier alpha value is -1.38. The molecule has 0 N–H and O–H groups in total. The molecule has 0 aliphatic heterocycles. The number of hydrogen-bond donors (Lipinski definition) is 0. The number of nitrogens with zero attached hydrogens (tertiary/aromatic N) is 1. The van der Waals surface area contributed by atoms with Gasteiger partial charge in [0, 0.05) is 23.3 Å². The lowest BCUT2D eigenvalue weighted by Gasteiger charge is -2.72. The third-order valence-electron chi connectivity index (χ3n) is 13.4. The number of carbonyl (C=O) groups is 1. The third-order valence-corrected chi connectivity index (χ3v) is 13.4. The molecule has 4 saturated carbocycles. The highest BCUT2D eigenvalue weighted by Crippen LogP contribution is 2.76. The van der Waals surface area contributed by atoms with Crippen LogP contribution in [-0.4, -0.2) is 10.9 Å². The summed E-state index contributed by atoms with van der Waals surface area (Å²) in [6.45, 7) is 21.6. The first-order valence-corrected chi connectivity index (χ1v) is 14.3. The van der Waals surface area contributed by atoms with Gasteiger partial charge in [0.25, 0.3) is 0 Å². The third kappa shape index (κ3) is 2.79. The van der Waals surface area contributed by atoms with Crippen LogP contribution in [0, 0.1) is 50.7 Å². The Morgan fingerprint density at radius 1 is 0.971 bits per heavy atom. The van der Waals surface area contributed by atoms with Gasteiger partial charge in [-0.25, -0.2) is 0 Å². The standard InChI is InChI=1S/C32H47NO2/c1-9-32-14-12-27(2,3)18-21(32)25-22(34)16-24-29(6)17-20-19-33-35-26(20)28(4,5)23(29)10-11-30(24,7)31(25,8)13-15-32/h9,19,21,23-25H,1,10-18H2,2-8H3/t21?,23-,24?,25?,29-,30+,31+,32+/m0/s1. The molecule has 3 heteroatoms. The molecule has 8 atom stereocenters. The molecule has 0 amide bonds. The van der Waals surface area contributed by atoms with Crippen molar-refractivity contribution in [2.75, 3.05) is 0 Å². The summed E-state index contributed by atoms with van der Waals surface area (Å²) < 4.78 is 5.83. The average molecular weight is 478 g/mol. The molecular weight excluding hydrogens is 430 g/mol. The molecule has 4 fully saturated rings. The minimum absolute atomic E-state index is 0.0427. The van der Waals surface area contributed by atoms with Crippen LogP contribution in [0.25, 0.3) is 0 Å². The van der Waals surface area contributed by atoms with E-state index in [1.165, 1.54) is 50.5 Å². The van der Waals surface area contributed by atoms with Gasteiger partial charge < -0.3 is 4.52 Å². The van der Waals surface area contributed by atoms with Crippen LogP contribution in [0.5, 0.6) is 0 Å². The highest BCUT2D eigenvalue weighted by Gasteiger charge is 2.72. The van der Waals surface area contributed by atoms with Crippen LogP contribution >= 0.6 is 0 Å². The van der Waals surface area contributed by atoms with Gasteiger partial charge in [0.15, 0.2) is 0 Å². The molecule has 0 saturated heterocycles. The van der Waals surface area contributed by atoms with Crippen molar-refractivity contribution in [2.24, 2.45) is 50.7 Å². The molecule has 35 heavy (non-hydrogen) atoms. The van der Waals surface area contributed by atoms with Gasteiger partial charge in [-0.05, 0) is 96.2 Å². The highest BCUT2D eigenvalue weighted by molar-refractivity contribution is 5.84. The van der Waals surface area contributed by atoms with Crippen molar-refractivity contribution >= 4 is 5.78 Å². The lowest BCUT2D eigenvalue weighted by molar-refractivity contribution is -0.223. The van der Waals surface area contributed by atoms with E-state index in [1.54, 1.807) is 0 Å². The molecule has 5 aliphatic rings. The fraction of sp³-hybridized carbons (Fsp3) is 0.812. The molecule has 3 nitrogen and oxygen atoms in total. The van der Waals surface area contributed by atoms with Crippen LogP contribution in [-0.2, 0) is 16.6 Å². The van der Waals surface area contributed by atoms with Crippen molar-refractivity contribution < 1.29 is 9.32 Å². The smallest absolute Gasteiger partial charge is 0.145 e. The second-order valence-corrected chi connectivity index (χ2v) is 15.6. The van der Waals surface area contributed by atoms with Crippen LogP contribution in [0.4, 0.5) is 0 Å². The summed E-state index contributed by atoms with van der Waals surface area (Å²) in [5.74, 6) is 3.22. The molecule has 0 spiro atoms. The molecule has 1 aromatic rings. The van der Waals surface area contributed by atoms with E-state index >= 15 is 0 Å². The predicted molar refractivity (Wildman–Crippen MR) is 140 cm³/mol. The molecule has 0 radical (unpaired) electrons. The summed E-state index contributed by atoms with van der Waals surface area (Å²) in [7, 11) is 0. The van der Waals surface area contributed by atoms with Gasteiger partial charge in [-0.1, -0.05) is 59.7 Å². The monoisotopic (exact) mass is 477 g/mol. The molecule has 3 unspecified atom stereocenters. The van der Waals surface area contributed by atoms with Gasteiger partial charge in [-0.15, -0.1) is 6.58 Å². The van der Waals surface area contributed by atoms with Crippen LogP contribution in [0.3, 0.4) is 0 Å². The molecule has 0 aromatic carbocycles. The topological polar surface area (TPSA) is 43.1 Å². The van der Waals surface area contributed by atoms with E-state index in [1.807, 2.05) is 6.20 Å². The van der Waals surface area contributed by atoms with Gasteiger partial charge in [0.2, 0.25) is 0 Å². The average Bonchev–Trinajstić information content (AvgIpc) is 3.24. The second kappa shape index (κ2) is 6.93. The highest BCUT2D eigenvalue weighted by atomic mass is 16.5. The van der Waals surface area contributed by atoms with E-state index in [4.69, 9.17) is 4.52 Å². The zero-order chi connectivity index (χ0) is 25.2. The first-order chi connectivity index (χ1) is 16.2. The first-order valence-electron chi connectivity index (χ1n) is 14.3. The second-order valence-electron chi connectivity index (χ2n) is 15.6. The summed E-state index contributed by atoms with van der Waals surface area (Å²) in [6, 6.07) is 0. The van der Waals surface area contributed by atoms with E-state index in [9.17, 15) is 4.79 Å². The van der Waals surface area contributed by atoms with Crippen molar-refractivity contribution in [1.29, 1.82) is 0 Å². The minimum atomic E-state index is -0.0427. The van der Waals surface area contributed by atoms with Crippen molar-refractivity contribution in [1.82, 2.24) is 5.16 Å². The Labute approximate surface area is 212 Å². The van der Waals surface area contributed by atoms with Gasteiger partial charge in [-0.3, -0.25) is 4.79 Å². The molecule has 6 rings (SSSR count). The lowest BCUT2D eigenvalue weighted by atomic mass is 9.31. The summed E-state index contributed by atoms with van der Waals surface area (Å²) in [5, 5.41) is 4.23. The maximum Gasteiger partial charge on any atom is 0.145 e. The predicted octanol–water partition coefficient (Wildman–Crippen LogP) is 7.93. The minimum Gasteiger partial charge on any atom is -0.361 e. The Morgan fingerprint density at radius 2 is 1.69 bits per heavy atom. The largest absolute Gasteiger partial charge is 0.361 e.